The lowest BCUT2D eigenvalue weighted by molar-refractivity contribution is 0.271. The van der Waals surface area contributed by atoms with Crippen LogP contribution < -0.4 is 0 Å². The van der Waals surface area contributed by atoms with E-state index < -0.39 is 7.52 Å². The molecule has 4 rings (SSSR count). The van der Waals surface area contributed by atoms with Gasteiger partial charge in [-0.05, 0) is 37.5 Å². The zero-order chi connectivity index (χ0) is 19.4. The van der Waals surface area contributed by atoms with Gasteiger partial charge >= 0.3 is 0 Å². The zero-order valence-corrected chi connectivity index (χ0v) is 18.1. The molecule has 1 aliphatic rings. The summed E-state index contributed by atoms with van der Waals surface area (Å²) in [6, 6.07) is 16.5. The summed E-state index contributed by atoms with van der Waals surface area (Å²) in [7, 11) is -2.83. The van der Waals surface area contributed by atoms with Crippen LogP contribution in [0.3, 0.4) is 0 Å². The van der Waals surface area contributed by atoms with Gasteiger partial charge in [-0.1, -0.05) is 49.2 Å². The maximum atomic E-state index is 13.7. The van der Waals surface area contributed by atoms with Crippen LogP contribution in [-0.4, -0.2) is 29.4 Å². The second-order valence-electron chi connectivity index (χ2n) is 7.26. The number of aromatic nitrogens is 1. The van der Waals surface area contributed by atoms with E-state index in [-0.39, 0.29) is 0 Å². The lowest BCUT2D eigenvalue weighted by atomic mass is 10.2. The van der Waals surface area contributed by atoms with Gasteiger partial charge in [0, 0.05) is 18.7 Å². The molecule has 0 N–H and O–H groups in total. The number of hydrogen-bond donors (Lipinski definition) is 0. The van der Waals surface area contributed by atoms with Gasteiger partial charge in [-0.25, -0.2) is 9.65 Å². The smallest absolute Gasteiger partial charge is 0.276 e. The normalized spacial score (nSPS) is 18.0. The highest BCUT2D eigenvalue weighted by Gasteiger charge is 2.32. The fourth-order valence-electron chi connectivity index (χ4n) is 3.77. The zero-order valence-electron chi connectivity index (χ0n) is 16.3. The molecule has 1 aromatic heterocycles. The SMILES string of the molecule is CCOP(=O)(Cc1ccc(-c2nc3ccccc3s2)cc1)N1CCCCCC1. The first-order valence-corrected chi connectivity index (χ1v) is 12.7. The van der Waals surface area contributed by atoms with Gasteiger partial charge in [0.05, 0.1) is 23.0 Å². The van der Waals surface area contributed by atoms with E-state index >= 15 is 0 Å². The molecule has 1 saturated heterocycles. The molecular weight excluding hydrogens is 387 g/mol. The van der Waals surface area contributed by atoms with Gasteiger partial charge in [-0.2, -0.15) is 0 Å². The molecule has 0 amide bonds. The highest BCUT2D eigenvalue weighted by Crippen LogP contribution is 2.54. The number of hydrogen-bond acceptors (Lipinski definition) is 4. The van der Waals surface area contributed by atoms with Gasteiger partial charge in [0.1, 0.15) is 5.01 Å². The molecule has 3 aromatic rings. The van der Waals surface area contributed by atoms with E-state index in [0.717, 1.165) is 47.6 Å². The highest BCUT2D eigenvalue weighted by molar-refractivity contribution is 7.55. The van der Waals surface area contributed by atoms with Crippen molar-refractivity contribution in [3.63, 3.8) is 0 Å². The maximum absolute atomic E-state index is 13.7. The Kier molecular flexibility index (Phi) is 6.27. The van der Waals surface area contributed by atoms with Crippen LogP contribution in [0.2, 0.25) is 0 Å². The fraction of sp³-hybridized carbons (Fsp3) is 0.409. The van der Waals surface area contributed by atoms with Crippen LogP contribution in [0, 0.1) is 0 Å². The molecule has 6 heteroatoms. The topological polar surface area (TPSA) is 42.4 Å². The summed E-state index contributed by atoms with van der Waals surface area (Å²) >= 11 is 1.70. The fourth-order valence-corrected chi connectivity index (χ4v) is 7.16. The van der Waals surface area contributed by atoms with Crippen LogP contribution in [0.4, 0.5) is 0 Å². The van der Waals surface area contributed by atoms with Crippen LogP contribution >= 0.6 is 18.9 Å². The Morgan fingerprint density at radius 2 is 1.75 bits per heavy atom. The third-order valence-corrected chi connectivity index (χ3v) is 9.00. The minimum Gasteiger partial charge on any atom is -0.317 e. The van der Waals surface area contributed by atoms with Crippen molar-refractivity contribution in [3.8, 4) is 10.6 Å². The molecule has 148 valence electrons. The van der Waals surface area contributed by atoms with Crippen molar-refractivity contribution in [3.05, 3.63) is 54.1 Å². The summed E-state index contributed by atoms with van der Waals surface area (Å²) < 4.78 is 22.8. The summed E-state index contributed by atoms with van der Waals surface area (Å²) in [5, 5.41) is 1.02. The van der Waals surface area contributed by atoms with Crippen LogP contribution in [0.25, 0.3) is 20.8 Å². The third kappa shape index (κ3) is 4.38. The van der Waals surface area contributed by atoms with E-state index in [1.807, 2.05) is 25.1 Å². The predicted molar refractivity (Wildman–Crippen MR) is 118 cm³/mol. The largest absolute Gasteiger partial charge is 0.317 e. The van der Waals surface area contributed by atoms with Gasteiger partial charge in [0.15, 0.2) is 0 Å². The summed E-state index contributed by atoms with van der Waals surface area (Å²) in [6.07, 6.45) is 5.13. The van der Waals surface area contributed by atoms with E-state index in [2.05, 4.69) is 35.0 Å². The highest BCUT2D eigenvalue weighted by atomic mass is 32.1. The van der Waals surface area contributed by atoms with Crippen molar-refractivity contribution < 1.29 is 9.09 Å². The Bertz CT molecular complexity index is 929. The second-order valence-corrected chi connectivity index (χ2v) is 10.7. The van der Waals surface area contributed by atoms with Crippen molar-refractivity contribution in [2.24, 2.45) is 0 Å². The van der Waals surface area contributed by atoms with Gasteiger partial charge in [-0.15, -0.1) is 11.3 Å². The molecule has 1 fully saturated rings. The first-order valence-electron chi connectivity index (χ1n) is 10.1. The summed E-state index contributed by atoms with van der Waals surface area (Å²) in [4.78, 5) is 4.73. The van der Waals surface area contributed by atoms with Gasteiger partial charge < -0.3 is 4.52 Å². The van der Waals surface area contributed by atoms with Gasteiger partial charge in [-0.3, -0.25) is 4.57 Å². The molecule has 0 spiro atoms. The average Bonchev–Trinajstić information content (AvgIpc) is 2.94. The molecular formula is C22H27N2O2PS. The molecule has 0 saturated carbocycles. The van der Waals surface area contributed by atoms with Gasteiger partial charge in [0.25, 0.3) is 7.52 Å². The number of para-hydroxylation sites is 1. The molecule has 2 heterocycles. The predicted octanol–water partition coefficient (Wildman–Crippen LogP) is 6.57. The van der Waals surface area contributed by atoms with E-state index in [9.17, 15) is 4.57 Å². The second kappa shape index (κ2) is 8.87. The number of fused-ring (bicyclic) bond motifs is 1. The van der Waals surface area contributed by atoms with Crippen molar-refractivity contribution in [1.82, 2.24) is 9.65 Å². The average molecular weight is 415 g/mol. The molecule has 4 nitrogen and oxygen atoms in total. The van der Waals surface area contributed by atoms with Gasteiger partial charge in [0.2, 0.25) is 0 Å². The molecule has 1 aliphatic heterocycles. The third-order valence-electron chi connectivity index (χ3n) is 5.22. The lowest BCUT2D eigenvalue weighted by Gasteiger charge is -2.30. The van der Waals surface area contributed by atoms with Crippen molar-refractivity contribution in [2.45, 2.75) is 38.8 Å². The van der Waals surface area contributed by atoms with E-state index in [0.29, 0.717) is 12.8 Å². The van der Waals surface area contributed by atoms with Crippen molar-refractivity contribution in [1.29, 1.82) is 0 Å². The maximum Gasteiger partial charge on any atom is 0.276 e. The molecule has 2 aromatic carbocycles. The Hall–Kier alpha value is -1.52. The minimum atomic E-state index is -2.83. The molecule has 0 bridgehead atoms. The monoisotopic (exact) mass is 414 g/mol. The standard InChI is InChI=1S/C22H27N2O2PS/c1-2-26-27(25,24-15-7-3-4-8-16-24)17-18-11-13-19(14-12-18)22-23-20-9-5-6-10-21(20)28-22/h5-6,9-14H,2-4,7-8,15-17H2,1H3. The Labute approximate surface area is 171 Å². The van der Waals surface area contributed by atoms with Crippen LogP contribution in [0.1, 0.15) is 38.2 Å². The Morgan fingerprint density at radius 1 is 1.04 bits per heavy atom. The summed E-state index contributed by atoms with van der Waals surface area (Å²) in [5.74, 6) is 0. The summed E-state index contributed by atoms with van der Waals surface area (Å²) in [6.45, 7) is 4.17. The number of nitrogens with zero attached hydrogens (tertiary/aromatic N) is 2. The number of rotatable bonds is 6. The van der Waals surface area contributed by atoms with Crippen LogP contribution in [-0.2, 0) is 15.3 Å². The number of thiazole rings is 1. The van der Waals surface area contributed by atoms with Crippen LogP contribution in [0.15, 0.2) is 48.5 Å². The molecule has 1 unspecified atom stereocenters. The van der Waals surface area contributed by atoms with Crippen molar-refractivity contribution >= 4 is 29.1 Å². The first kappa shape index (κ1) is 19.8. The molecule has 0 aliphatic carbocycles. The Balaban J connectivity index is 1.54. The lowest BCUT2D eigenvalue weighted by Crippen LogP contribution is -2.23. The Morgan fingerprint density at radius 3 is 2.43 bits per heavy atom. The molecule has 0 radical (unpaired) electrons. The number of benzene rings is 2. The van der Waals surface area contributed by atoms with Crippen molar-refractivity contribution in [2.75, 3.05) is 19.7 Å². The van der Waals surface area contributed by atoms with E-state index in [1.165, 1.54) is 17.5 Å². The van der Waals surface area contributed by atoms with Crippen LogP contribution in [0.5, 0.6) is 0 Å². The molecule has 28 heavy (non-hydrogen) atoms. The summed E-state index contributed by atoms with van der Waals surface area (Å²) in [5.41, 5.74) is 3.20. The molecule has 1 atom stereocenters. The van der Waals surface area contributed by atoms with E-state index in [4.69, 9.17) is 9.51 Å². The first-order chi connectivity index (χ1) is 13.7. The minimum absolute atomic E-state index is 0.473. The quantitative estimate of drug-likeness (QED) is 0.428. The van der Waals surface area contributed by atoms with E-state index in [1.54, 1.807) is 11.3 Å².